The summed E-state index contributed by atoms with van der Waals surface area (Å²) in [5.74, 6) is 1.21. The van der Waals surface area contributed by atoms with Gasteiger partial charge in [-0.25, -0.2) is 4.79 Å². The lowest BCUT2D eigenvalue weighted by atomic mass is 10.2. The van der Waals surface area contributed by atoms with Crippen LogP contribution in [-0.4, -0.2) is 58.2 Å². The number of hydrogen-bond acceptors (Lipinski definition) is 5. The fourth-order valence-corrected chi connectivity index (χ4v) is 2.09. The van der Waals surface area contributed by atoms with Crippen molar-refractivity contribution in [2.24, 2.45) is 0 Å². The first kappa shape index (κ1) is 16.4. The second-order valence-corrected chi connectivity index (χ2v) is 4.88. The van der Waals surface area contributed by atoms with Crippen molar-refractivity contribution in [3.63, 3.8) is 0 Å². The van der Waals surface area contributed by atoms with E-state index < -0.39 is 0 Å². The highest BCUT2D eigenvalue weighted by atomic mass is 16.7. The van der Waals surface area contributed by atoms with Gasteiger partial charge in [-0.15, -0.1) is 0 Å². The molecule has 2 rings (SSSR count). The van der Waals surface area contributed by atoms with Gasteiger partial charge >= 0.3 is 6.03 Å². The van der Waals surface area contributed by atoms with E-state index >= 15 is 0 Å². The van der Waals surface area contributed by atoms with Gasteiger partial charge in [0.05, 0.1) is 33.1 Å². The Balaban J connectivity index is 1.89. The third kappa shape index (κ3) is 4.25. The second-order valence-electron chi connectivity index (χ2n) is 4.88. The lowest BCUT2D eigenvalue weighted by Gasteiger charge is -2.20. The van der Waals surface area contributed by atoms with Gasteiger partial charge in [0.2, 0.25) is 0 Å². The van der Waals surface area contributed by atoms with E-state index in [1.807, 2.05) is 0 Å². The quantitative estimate of drug-likeness (QED) is 0.869. The molecule has 0 aromatic heterocycles. The first-order valence-electron chi connectivity index (χ1n) is 7.11. The molecule has 22 heavy (non-hydrogen) atoms. The van der Waals surface area contributed by atoms with Gasteiger partial charge in [0, 0.05) is 26.1 Å². The average Bonchev–Trinajstić information content (AvgIpc) is 3.06. The Morgan fingerprint density at radius 3 is 2.68 bits per heavy atom. The molecule has 0 atom stereocenters. The Kier molecular flexibility index (Phi) is 5.85. The minimum absolute atomic E-state index is 0.217. The van der Waals surface area contributed by atoms with Crippen LogP contribution in [0.1, 0.15) is 6.42 Å². The van der Waals surface area contributed by atoms with Crippen molar-refractivity contribution >= 4 is 11.7 Å². The van der Waals surface area contributed by atoms with Gasteiger partial charge in [-0.2, -0.15) is 0 Å². The molecule has 1 fully saturated rings. The normalized spacial score (nSPS) is 14.7. The molecule has 7 heteroatoms. The van der Waals surface area contributed by atoms with E-state index in [9.17, 15) is 4.79 Å². The third-order valence-electron chi connectivity index (χ3n) is 3.39. The van der Waals surface area contributed by atoms with Gasteiger partial charge in [0.15, 0.2) is 6.29 Å². The van der Waals surface area contributed by atoms with E-state index in [4.69, 9.17) is 18.9 Å². The maximum atomic E-state index is 12.2. The molecule has 0 bridgehead atoms. The number of urea groups is 1. The second kappa shape index (κ2) is 7.86. The predicted octanol–water partition coefficient (Wildman–Crippen LogP) is 1.93. The SMILES string of the molecule is COc1ccc(NC(=O)N(C)CCC2OCCO2)c(OC)c1. The fraction of sp³-hybridized carbons (Fsp3) is 0.533. The topological polar surface area (TPSA) is 69.3 Å². The third-order valence-corrected chi connectivity index (χ3v) is 3.39. The molecule has 1 aromatic carbocycles. The van der Waals surface area contributed by atoms with Crippen LogP contribution < -0.4 is 14.8 Å². The van der Waals surface area contributed by atoms with Crippen LogP contribution in [0.25, 0.3) is 0 Å². The average molecular weight is 310 g/mol. The maximum absolute atomic E-state index is 12.2. The molecule has 0 radical (unpaired) electrons. The summed E-state index contributed by atoms with van der Waals surface area (Å²) in [6.45, 7) is 1.77. The summed E-state index contributed by atoms with van der Waals surface area (Å²) in [7, 11) is 4.84. The zero-order valence-electron chi connectivity index (χ0n) is 13.1. The molecule has 7 nitrogen and oxygen atoms in total. The van der Waals surface area contributed by atoms with Gasteiger partial charge in [-0.1, -0.05) is 0 Å². The Bertz CT molecular complexity index is 503. The van der Waals surface area contributed by atoms with Crippen LogP contribution in [0.2, 0.25) is 0 Å². The van der Waals surface area contributed by atoms with Gasteiger partial charge in [-0.05, 0) is 12.1 Å². The molecule has 0 unspecified atom stereocenters. The van der Waals surface area contributed by atoms with Crippen molar-refractivity contribution in [3.8, 4) is 11.5 Å². The molecule has 0 saturated carbocycles. The summed E-state index contributed by atoms with van der Waals surface area (Å²) in [6.07, 6.45) is 0.426. The molecule has 1 saturated heterocycles. The zero-order chi connectivity index (χ0) is 15.9. The number of methoxy groups -OCH3 is 2. The van der Waals surface area contributed by atoms with Crippen molar-refractivity contribution < 1.29 is 23.7 Å². The lowest BCUT2D eigenvalue weighted by Crippen LogP contribution is -2.33. The molecular weight excluding hydrogens is 288 g/mol. The molecule has 1 aromatic rings. The van der Waals surface area contributed by atoms with Crippen molar-refractivity contribution in [2.45, 2.75) is 12.7 Å². The van der Waals surface area contributed by atoms with Crippen molar-refractivity contribution in [2.75, 3.05) is 46.3 Å². The number of hydrogen-bond donors (Lipinski definition) is 1. The fourth-order valence-electron chi connectivity index (χ4n) is 2.09. The Labute approximate surface area is 130 Å². The van der Waals surface area contributed by atoms with E-state index in [1.165, 1.54) is 0 Å². The van der Waals surface area contributed by atoms with Crippen molar-refractivity contribution in [1.29, 1.82) is 0 Å². The van der Waals surface area contributed by atoms with E-state index in [1.54, 1.807) is 44.4 Å². The minimum Gasteiger partial charge on any atom is -0.497 e. The zero-order valence-corrected chi connectivity index (χ0v) is 13.1. The summed E-state index contributed by atoms with van der Waals surface area (Å²) in [5, 5.41) is 2.81. The number of rotatable bonds is 6. The van der Waals surface area contributed by atoms with Gasteiger partial charge in [0.1, 0.15) is 11.5 Å². The number of ether oxygens (including phenoxy) is 4. The number of carbonyl (C=O) groups is 1. The molecule has 1 N–H and O–H groups in total. The molecule has 2 amide bonds. The summed E-state index contributed by atoms with van der Waals surface area (Å²) < 4.78 is 21.1. The van der Waals surface area contributed by atoms with Crippen LogP contribution in [0.5, 0.6) is 11.5 Å². The standard InChI is InChI=1S/C15H22N2O5/c1-17(7-6-14-21-8-9-22-14)15(18)16-12-5-4-11(19-2)10-13(12)20-3/h4-5,10,14H,6-9H2,1-3H3,(H,16,18). The Morgan fingerprint density at radius 1 is 1.32 bits per heavy atom. The highest BCUT2D eigenvalue weighted by Crippen LogP contribution is 2.29. The van der Waals surface area contributed by atoms with Crippen LogP contribution >= 0.6 is 0 Å². The Morgan fingerprint density at radius 2 is 2.05 bits per heavy atom. The summed E-state index contributed by atoms with van der Waals surface area (Å²) in [4.78, 5) is 13.8. The first-order valence-corrected chi connectivity index (χ1v) is 7.11. The minimum atomic E-state index is -0.221. The monoisotopic (exact) mass is 310 g/mol. The molecule has 1 aliphatic rings. The van der Waals surface area contributed by atoms with Gasteiger partial charge in [-0.3, -0.25) is 0 Å². The van der Waals surface area contributed by atoms with Crippen LogP contribution in [0.3, 0.4) is 0 Å². The van der Waals surface area contributed by atoms with E-state index in [0.29, 0.717) is 43.4 Å². The largest absolute Gasteiger partial charge is 0.497 e. The highest BCUT2D eigenvalue weighted by Gasteiger charge is 2.18. The molecule has 1 aliphatic heterocycles. The number of nitrogens with one attached hydrogen (secondary N) is 1. The number of amides is 2. The van der Waals surface area contributed by atoms with Crippen LogP contribution in [0.4, 0.5) is 10.5 Å². The number of carbonyl (C=O) groups excluding carboxylic acids is 1. The number of benzene rings is 1. The molecule has 1 heterocycles. The van der Waals surface area contributed by atoms with Crippen molar-refractivity contribution in [3.05, 3.63) is 18.2 Å². The smallest absolute Gasteiger partial charge is 0.321 e. The summed E-state index contributed by atoms with van der Waals surface area (Å²) in [5.41, 5.74) is 0.591. The number of anilines is 1. The predicted molar refractivity (Wildman–Crippen MR) is 81.5 cm³/mol. The van der Waals surface area contributed by atoms with Crippen LogP contribution in [-0.2, 0) is 9.47 Å². The van der Waals surface area contributed by atoms with E-state index in [-0.39, 0.29) is 12.3 Å². The van der Waals surface area contributed by atoms with Crippen LogP contribution in [0, 0.1) is 0 Å². The summed E-state index contributed by atoms with van der Waals surface area (Å²) >= 11 is 0. The van der Waals surface area contributed by atoms with Crippen molar-refractivity contribution in [1.82, 2.24) is 4.90 Å². The highest BCUT2D eigenvalue weighted by molar-refractivity contribution is 5.91. The molecule has 0 spiro atoms. The summed E-state index contributed by atoms with van der Waals surface area (Å²) in [6, 6.07) is 5.00. The lowest BCUT2D eigenvalue weighted by molar-refractivity contribution is -0.0488. The maximum Gasteiger partial charge on any atom is 0.321 e. The number of nitrogens with zero attached hydrogens (tertiary/aromatic N) is 1. The molecular formula is C15H22N2O5. The van der Waals surface area contributed by atoms with Crippen LogP contribution in [0.15, 0.2) is 18.2 Å². The Hall–Kier alpha value is -1.99. The molecule has 122 valence electrons. The van der Waals surface area contributed by atoms with Gasteiger partial charge in [0.25, 0.3) is 0 Å². The van der Waals surface area contributed by atoms with E-state index in [0.717, 1.165) is 0 Å². The van der Waals surface area contributed by atoms with Gasteiger partial charge < -0.3 is 29.2 Å². The van der Waals surface area contributed by atoms with E-state index in [2.05, 4.69) is 5.32 Å². The molecule has 0 aliphatic carbocycles. The first-order chi connectivity index (χ1) is 10.6.